The molecule has 6 aromatic rings. The van der Waals surface area contributed by atoms with Gasteiger partial charge >= 0.3 is 0 Å². The molecule has 0 N–H and O–H groups in total. The lowest BCUT2D eigenvalue weighted by Gasteiger charge is -2.29. The van der Waals surface area contributed by atoms with Crippen molar-refractivity contribution in [1.29, 1.82) is 0 Å². The molecule has 0 bridgehead atoms. The van der Waals surface area contributed by atoms with Gasteiger partial charge in [-0.1, -0.05) is 91.0 Å². The van der Waals surface area contributed by atoms with Crippen molar-refractivity contribution in [3.63, 3.8) is 0 Å². The fourth-order valence-corrected chi connectivity index (χ4v) is 5.98. The lowest BCUT2D eigenvalue weighted by Crippen LogP contribution is -2.12. The second kappa shape index (κ2) is 8.91. The monoisotopic (exact) mass is 465 g/mol. The fourth-order valence-electron chi connectivity index (χ4n) is 5.98. The third-order valence-electron chi connectivity index (χ3n) is 7.85. The van der Waals surface area contributed by atoms with E-state index in [2.05, 4.69) is 84.9 Å². The zero-order valence-electron chi connectivity index (χ0n) is 22.2. The van der Waals surface area contributed by atoms with Crippen LogP contribution in [0.5, 0.6) is 0 Å². The molecule has 0 unspecified atom stereocenters. The number of hydrogen-bond acceptors (Lipinski definition) is 1. The first-order chi connectivity index (χ1) is 18.5. The molecule has 1 saturated carbocycles. The Bertz CT molecular complexity index is 1760. The molecule has 1 fully saturated rings. The molecule has 1 aromatic heterocycles. The molecule has 1 aliphatic carbocycles. The summed E-state index contributed by atoms with van der Waals surface area (Å²) in [5.41, 5.74) is 4.03. The molecule has 1 aliphatic rings. The van der Waals surface area contributed by atoms with E-state index in [-0.39, 0.29) is 0 Å². The summed E-state index contributed by atoms with van der Waals surface area (Å²) in [5, 5.41) is 7.52. The first kappa shape index (κ1) is 19.2. The van der Waals surface area contributed by atoms with Crippen molar-refractivity contribution in [2.75, 3.05) is 0 Å². The van der Waals surface area contributed by atoms with Crippen molar-refractivity contribution in [2.45, 2.75) is 37.5 Å². The quantitative estimate of drug-likeness (QED) is 0.237. The van der Waals surface area contributed by atoms with Crippen LogP contribution in [0.3, 0.4) is 0 Å². The largest absolute Gasteiger partial charge is 0.256 e. The van der Waals surface area contributed by atoms with Crippen LogP contribution in [0.15, 0.2) is 115 Å². The summed E-state index contributed by atoms with van der Waals surface area (Å²) in [7, 11) is 0. The molecule has 0 atom stereocenters. The van der Waals surface area contributed by atoms with Gasteiger partial charge in [-0.25, -0.2) is 0 Å². The van der Waals surface area contributed by atoms with Crippen molar-refractivity contribution in [3.8, 4) is 11.3 Å². The molecule has 0 spiro atoms. The predicted octanol–water partition coefficient (Wildman–Crippen LogP) is 9.65. The van der Waals surface area contributed by atoms with E-state index < -0.39 is 11.8 Å². The van der Waals surface area contributed by atoms with Crippen LogP contribution in [0.2, 0.25) is 0 Å². The van der Waals surface area contributed by atoms with E-state index in [1.165, 1.54) is 32.3 Å². The van der Waals surface area contributed by atoms with E-state index in [9.17, 15) is 1.37 Å². The van der Waals surface area contributed by atoms with Gasteiger partial charge in [-0.05, 0) is 99.1 Å². The van der Waals surface area contributed by atoms with Crippen molar-refractivity contribution < 1.29 is 2.74 Å². The van der Waals surface area contributed by atoms with Gasteiger partial charge in [-0.3, -0.25) is 4.98 Å². The van der Waals surface area contributed by atoms with Crippen LogP contribution >= 0.6 is 0 Å². The Morgan fingerprint density at radius 2 is 1.03 bits per heavy atom. The summed E-state index contributed by atoms with van der Waals surface area (Å²) >= 11 is 0. The molecule has 0 amide bonds. The van der Waals surface area contributed by atoms with Crippen LogP contribution < -0.4 is 0 Å². The number of pyridine rings is 1. The first-order valence-electron chi connectivity index (χ1n) is 13.9. The number of hydrogen-bond donors (Lipinski definition) is 0. The van der Waals surface area contributed by atoms with Crippen molar-refractivity contribution >= 4 is 32.3 Å². The average molecular weight is 466 g/mol. The van der Waals surface area contributed by atoms with Gasteiger partial charge in [0.15, 0.2) is 0 Å². The Hall–Kier alpha value is -3.97. The highest BCUT2D eigenvalue weighted by molar-refractivity contribution is 6.25. The minimum atomic E-state index is -0.698. The molecule has 174 valence electrons. The van der Waals surface area contributed by atoms with Crippen molar-refractivity contribution in [1.82, 2.24) is 4.98 Å². The van der Waals surface area contributed by atoms with Crippen LogP contribution in [-0.2, 0) is 0 Å². The second-order valence-corrected chi connectivity index (χ2v) is 9.85. The third-order valence-corrected chi connectivity index (χ3v) is 7.85. The number of rotatable bonds is 3. The summed E-state index contributed by atoms with van der Waals surface area (Å²) in [6.45, 7) is 0. The molecule has 7 rings (SSSR count). The van der Waals surface area contributed by atoms with Crippen LogP contribution in [-0.4, -0.2) is 4.98 Å². The Morgan fingerprint density at radius 1 is 0.500 bits per heavy atom. The van der Waals surface area contributed by atoms with E-state index in [1.54, 1.807) is 0 Å². The van der Waals surface area contributed by atoms with E-state index in [0.717, 1.165) is 22.4 Å². The van der Waals surface area contributed by atoms with Crippen LogP contribution in [0.25, 0.3) is 43.6 Å². The molecule has 0 aliphatic heterocycles. The van der Waals surface area contributed by atoms with E-state index in [4.69, 9.17) is 6.35 Å². The molecular weight excluding hydrogens is 434 g/mol. The van der Waals surface area contributed by atoms with Crippen molar-refractivity contribution in [3.05, 3.63) is 127 Å². The van der Waals surface area contributed by atoms with Gasteiger partial charge in [0.2, 0.25) is 0 Å². The van der Waals surface area contributed by atoms with Gasteiger partial charge in [0.1, 0.15) is 0 Å². The summed E-state index contributed by atoms with van der Waals surface area (Å²) < 4.78 is 18.5. The lowest BCUT2D eigenvalue weighted by atomic mass is 9.76. The Balaban J connectivity index is 1.27. The van der Waals surface area contributed by atoms with Gasteiger partial charge in [0.25, 0.3) is 0 Å². The van der Waals surface area contributed by atoms with Gasteiger partial charge in [0, 0.05) is 14.5 Å². The standard InChI is InChI=1S/C35H29N/c1-2-8-24(9-3-1)25-14-16-26(17-15-25)27-20-21-36-35(23-27)28-18-19-33-31-12-5-4-10-29(31)30-11-6-7-13-32(30)34(33)22-28/h1-13,18-23,25-26H,14-17H2/i25D,26D. The van der Waals surface area contributed by atoms with Gasteiger partial charge in [0.05, 0.1) is 5.69 Å². The first-order valence-corrected chi connectivity index (χ1v) is 12.9. The molecule has 1 heterocycles. The Labute approximate surface area is 215 Å². The molecule has 0 saturated heterocycles. The van der Waals surface area contributed by atoms with Crippen LogP contribution in [0, 0.1) is 0 Å². The maximum atomic E-state index is 9.38. The molecule has 1 nitrogen and oxygen atoms in total. The zero-order valence-corrected chi connectivity index (χ0v) is 20.2. The predicted molar refractivity (Wildman–Crippen MR) is 153 cm³/mol. The Morgan fingerprint density at radius 3 is 1.67 bits per heavy atom. The maximum absolute atomic E-state index is 9.38. The number of benzene rings is 5. The summed E-state index contributed by atoms with van der Waals surface area (Å²) in [4.78, 5) is 4.74. The van der Waals surface area contributed by atoms with Gasteiger partial charge in [-0.2, -0.15) is 0 Å². The summed E-state index contributed by atoms with van der Waals surface area (Å²) in [6, 6.07) is 38.2. The van der Waals surface area contributed by atoms with Gasteiger partial charge in [-0.15, -0.1) is 0 Å². The van der Waals surface area contributed by atoms with Gasteiger partial charge < -0.3 is 0 Å². The number of fused-ring (bicyclic) bond motifs is 6. The topological polar surface area (TPSA) is 12.9 Å². The lowest BCUT2D eigenvalue weighted by molar-refractivity contribution is 0.396. The number of nitrogens with zero attached hydrogens (tertiary/aromatic N) is 1. The highest BCUT2D eigenvalue weighted by Crippen LogP contribution is 2.41. The smallest absolute Gasteiger partial charge is 0.0705 e. The highest BCUT2D eigenvalue weighted by Gasteiger charge is 2.23. The highest BCUT2D eigenvalue weighted by atomic mass is 14.7. The van der Waals surface area contributed by atoms with Crippen molar-refractivity contribution in [2.24, 2.45) is 0 Å². The zero-order chi connectivity index (χ0) is 25.7. The van der Waals surface area contributed by atoms with E-state index in [1.807, 2.05) is 30.5 Å². The number of aromatic nitrogens is 1. The SMILES string of the molecule is [2H]C1(c2ccccc2)CCC([2H])(c2ccnc(-c3ccc4c5ccccc5c5ccccc5c4c3)c2)CC1. The molecule has 0 radical (unpaired) electrons. The average Bonchev–Trinajstić information content (AvgIpc) is 2.99. The third kappa shape index (κ3) is 3.67. The Kier molecular flexibility index (Phi) is 4.77. The summed E-state index contributed by atoms with van der Waals surface area (Å²) in [6.07, 6.45) is 4.57. The maximum Gasteiger partial charge on any atom is 0.0705 e. The van der Waals surface area contributed by atoms with Crippen LogP contribution in [0.4, 0.5) is 0 Å². The summed E-state index contributed by atoms with van der Waals surface area (Å²) in [5.74, 6) is -1.30. The molecule has 5 aromatic carbocycles. The minimum absolute atomic E-state index is 0.607. The van der Waals surface area contributed by atoms with Crippen LogP contribution in [0.1, 0.15) is 51.3 Å². The molecular formula is C35H29N. The minimum Gasteiger partial charge on any atom is -0.256 e. The fraction of sp³-hybridized carbons (Fsp3) is 0.171. The van der Waals surface area contributed by atoms with E-state index >= 15 is 0 Å². The molecule has 1 heteroatoms. The second-order valence-electron chi connectivity index (χ2n) is 9.85. The normalized spacial score (nSPS) is 23.0. The molecule has 36 heavy (non-hydrogen) atoms. The van der Waals surface area contributed by atoms with E-state index in [0.29, 0.717) is 25.7 Å².